The van der Waals surface area contributed by atoms with Crippen molar-refractivity contribution in [3.63, 3.8) is 0 Å². The lowest BCUT2D eigenvalue weighted by molar-refractivity contribution is -0.128. The van der Waals surface area contributed by atoms with E-state index in [9.17, 15) is 4.79 Å². The predicted octanol–water partition coefficient (Wildman–Crippen LogP) is 3.29. The number of hydrogen-bond acceptors (Lipinski definition) is 3. The fourth-order valence-electron chi connectivity index (χ4n) is 3.06. The second-order valence-electron chi connectivity index (χ2n) is 7.20. The quantitative estimate of drug-likeness (QED) is 0.864. The van der Waals surface area contributed by atoms with E-state index in [1.54, 1.807) is 0 Å². The summed E-state index contributed by atoms with van der Waals surface area (Å²) in [6.45, 7) is 6.40. The first-order chi connectivity index (χ1) is 10.3. The lowest BCUT2D eigenvalue weighted by Crippen LogP contribution is -2.54. The van der Waals surface area contributed by atoms with Gasteiger partial charge in [0.25, 0.3) is 0 Å². The fourth-order valence-corrected chi connectivity index (χ4v) is 3.06. The third-order valence-electron chi connectivity index (χ3n) is 4.40. The first kappa shape index (κ1) is 19.8. The largest absolute Gasteiger partial charge is 0.486 e. The van der Waals surface area contributed by atoms with E-state index in [0.717, 1.165) is 31.4 Å². The molecule has 2 unspecified atom stereocenters. The summed E-state index contributed by atoms with van der Waals surface area (Å²) in [6.07, 6.45) is 3.97. The van der Waals surface area contributed by atoms with Crippen molar-refractivity contribution in [1.29, 1.82) is 0 Å². The number of hydrogen-bond donors (Lipinski definition) is 2. The van der Waals surface area contributed by atoms with Gasteiger partial charge in [-0.1, -0.05) is 31.0 Å². The van der Waals surface area contributed by atoms with E-state index in [2.05, 4.69) is 5.32 Å². The second-order valence-corrected chi connectivity index (χ2v) is 7.20. The van der Waals surface area contributed by atoms with Crippen molar-refractivity contribution >= 4 is 18.3 Å². The van der Waals surface area contributed by atoms with Gasteiger partial charge in [0.2, 0.25) is 5.91 Å². The summed E-state index contributed by atoms with van der Waals surface area (Å²) in [5.74, 6) is 0.756. The van der Waals surface area contributed by atoms with E-state index in [0.29, 0.717) is 6.54 Å². The molecule has 2 atom stereocenters. The summed E-state index contributed by atoms with van der Waals surface area (Å²) in [7, 11) is 0. The van der Waals surface area contributed by atoms with Crippen molar-refractivity contribution in [2.45, 2.75) is 57.6 Å². The summed E-state index contributed by atoms with van der Waals surface area (Å²) in [5.41, 5.74) is 5.44. The normalized spacial score (nSPS) is 24.4. The molecule has 130 valence electrons. The monoisotopic (exact) mass is 340 g/mol. The van der Waals surface area contributed by atoms with Gasteiger partial charge in [0.1, 0.15) is 11.4 Å². The number of rotatable bonds is 5. The zero-order valence-corrected chi connectivity index (χ0v) is 15.1. The molecule has 3 N–H and O–H groups in total. The summed E-state index contributed by atoms with van der Waals surface area (Å²) < 4.78 is 5.95. The summed E-state index contributed by atoms with van der Waals surface area (Å²) in [6, 6.07) is 9.66. The minimum atomic E-state index is -0.462. The molecule has 0 saturated heterocycles. The molecule has 1 amide bonds. The highest BCUT2D eigenvalue weighted by atomic mass is 35.5. The highest BCUT2D eigenvalue weighted by Gasteiger charge is 2.38. The summed E-state index contributed by atoms with van der Waals surface area (Å²) >= 11 is 0. The number of ether oxygens (including phenoxy) is 1. The van der Waals surface area contributed by atoms with Gasteiger partial charge < -0.3 is 15.8 Å². The van der Waals surface area contributed by atoms with Crippen LogP contribution in [0.5, 0.6) is 5.75 Å². The van der Waals surface area contributed by atoms with Crippen molar-refractivity contribution in [3.05, 3.63) is 30.3 Å². The Morgan fingerprint density at radius 2 is 2.00 bits per heavy atom. The van der Waals surface area contributed by atoms with Gasteiger partial charge in [0.05, 0.1) is 12.5 Å². The van der Waals surface area contributed by atoms with Gasteiger partial charge >= 0.3 is 0 Å². The minimum Gasteiger partial charge on any atom is -0.486 e. The van der Waals surface area contributed by atoms with E-state index >= 15 is 0 Å². The topological polar surface area (TPSA) is 64.4 Å². The molecule has 1 aromatic carbocycles. The highest BCUT2D eigenvalue weighted by molar-refractivity contribution is 5.85. The Hall–Kier alpha value is -1.26. The molecule has 0 bridgehead atoms. The van der Waals surface area contributed by atoms with Crippen LogP contribution in [0, 0.1) is 5.92 Å². The van der Waals surface area contributed by atoms with E-state index in [4.69, 9.17) is 10.5 Å². The van der Waals surface area contributed by atoms with Gasteiger partial charge in [-0.3, -0.25) is 4.79 Å². The van der Waals surface area contributed by atoms with Gasteiger partial charge in [0.15, 0.2) is 0 Å². The van der Waals surface area contributed by atoms with Crippen molar-refractivity contribution in [2.75, 3.05) is 6.54 Å². The Labute approximate surface area is 145 Å². The van der Waals surface area contributed by atoms with Crippen LogP contribution in [0.1, 0.15) is 46.5 Å². The van der Waals surface area contributed by atoms with Crippen LogP contribution >= 0.6 is 12.4 Å². The molecule has 0 heterocycles. The van der Waals surface area contributed by atoms with Crippen LogP contribution in [0.2, 0.25) is 0 Å². The molecule has 1 saturated carbocycles. The van der Waals surface area contributed by atoms with Gasteiger partial charge in [-0.15, -0.1) is 12.4 Å². The average molecular weight is 341 g/mol. The van der Waals surface area contributed by atoms with Crippen LogP contribution in [0.15, 0.2) is 30.3 Å². The number of carbonyl (C=O) groups excluding carboxylic acids is 1. The molecule has 0 radical (unpaired) electrons. The maximum Gasteiger partial charge on any atom is 0.225 e. The Morgan fingerprint density at radius 1 is 1.35 bits per heavy atom. The number of para-hydroxylation sites is 1. The highest BCUT2D eigenvalue weighted by Crippen LogP contribution is 2.31. The lowest BCUT2D eigenvalue weighted by Gasteiger charge is -2.38. The Kier molecular flexibility index (Phi) is 6.90. The Morgan fingerprint density at radius 3 is 2.61 bits per heavy atom. The zero-order valence-electron chi connectivity index (χ0n) is 14.3. The summed E-state index contributed by atoms with van der Waals surface area (Å²) in [5, 5.41) is 3.02. The maximum atomic E-state index is 12.5. The van der Waals surface area contributed by atoms with Crippen LogP contribution in [0.4, 0.5) is 0 Å². The number of nitrogens with one attached hydrogen (secondary N) is 1. The molecule has 4 nitrogen and oxygen atoms in total. The maximum absolute atomic E-state index is 12.5. The van der Waals surface area contributed by atoms with E-state index < -0.39 is 11.1 Å². The molecule has 0 aromatic heterocycles. The molecule has 1 aliphatic rings. The van der Waals surface area contributed by atoms with E-state index in [-0.39, 0.29) is 24.2 Å². The van der Waals surface area contributed by atoms with E-state index in [1.807, 2.05) is 51.1 Å². The van der Waals surface area contributed by atoms with Crippen LogP contribution in [0.3, 0.4) is 0 Å². The third kappa shape index (κ3) is 5.70. The molecule has 1 aliphatic carbocycles. The Bertz CT molecular complexity index is 503. The number of benzene rings is 1. The SMILES string of the molecule is CC(C)(CNC(=O)C1CCCCC1(C)N)Oc1ccccc1.Cl. The van der Waals surface area contributed by atoms with E-state index in [1.165, 1.54) is 0 Å². The standard InChI is InChI=1S/C18H28N2O2.ClH/c1-17(2,22-14-9-5-4-6-10-14)13-20-16(21)15-11-7-8-12-18(15,3)19;/h4-6,9-10,15H,7-8,11-13,19H2,1-3H3,(H,20,21);1H. The van der Waals surface area contributed by atoms with Crippen molar-refractivity contribution in [1.82, 2.24) is 5.32 Å². The molecule has 0 spiro atoms. The first-order valence-corrected chi connectivity index (χ1v) is 8.11. The number of carbonyl (C=O) groups is 1. The van der Waals surface area contributed by atoms with Crippen LogP contribution in [-0.2, 0) is 4.79 Å². The predicted molar refractivity (Wildman–Crippen MR) is 96.0 cm³/mol. The Balaban J connectivity index is 0.00000264. The van der Waals surface area contributed by atoms with Gasteiger partial charge in [-0.25, -0.2) is 0 Å². The first-order valence-electron chi connectivity index (χ1n) is 8.11. The zero-order chi connectivity index (χ0) is 16.2. The van der Waals surface area contributed by atoms with Gasteiger partial charge in [-0.2, -0.15) is 0 Å². The van der Waals surface area contributed by atoms with Crippen LogP contribution in [-0.4, -0.2) is 23.6 Å². The van der Waals surface area contributed by atoms with Gasteiger partial charge in [0, 0.05) is 5.54 Å². The fraction of sp³-hybridized carbons (Fsp3) is 0.611. The smallest absolute Gasteiger partial charge is 0.225 e. The molecule has 2 rings (SSSR count). The second kappa shape index (κ2) is 8.02. The number of nitrogens with two attached hydrogens (primary N) is 1. The molecule has 23 heavy (non-hydrogen) atoms. The third-order valence-corrected chi connectivity index (χ3v) is 4.40. The average Bonchev–Trinajstić information content (AvgIpc) is 2.45. The molecule has 5 heteroatoms. The van der Waals surface area contributed by atoms with Crippen molar-refractivity contribution in [2.24, 2.45) is 11.7 Å². The van der Waals surface area contributed by atoms with Crippen LogP contribution < -0.4 is 15.8 Å². The molecule has 1 fully saturated rings. The lowest BCUT2D eigenvalue weighted by atomic mass is 9.74. The van der Waals surface area contributed by atoms with Crippen molar-refractivity contribution in [3.8, 4) is 5.75 Å². The van der Waals surface area contributed by atoms with Crippen molar-refractivity contribution < 1.29 is 9.53 Å². The summed E-state index contributed by atoms with van der Waals surface area (Å²) in [4.78, 5) is 12.5. The molecular formula is C18H29ClN2O2. The molecule has 1 aromatic rings. The minimum absolute atomic E-state index is 0. The number of halogens is 1. The molecular weight excluding hydrogens is 312 g/mol. The van der Waals surface area contributed by atoms with Gasteiger partial charge in [-0.05, 0) is 45.7 Å². The van der Waals surface area contributed by atoms with Crippen LogP contribution in [0.25, 0.3) is 0 Å². The number of amides is 1. The molecule has 0 aliphatic heterocycles.